The average molecular weight is 499 g/mol. The van der Waals surface area contributed by atoms with E-state index in [2.05, 4.69) is 26.6 Å². The summed E-state index contributed by atoms with van der Waals surface area (Å²) in [6.07, 6.45) is 4.27. The number of nitrogens with one attached hydrogen (secondary N) is 2. The second-order valence-corrected chi connectivity index (χ2v) is 7.46. The zero-order valence-corrected chi connectivity index (χ0v) is 18.5. The number of methoxy groups -OCH3 is 1. The molecular weight excluding hydrogens is 480 g/mol. The Morgan fingerprint density at radius 3 is 2.59 bits per heavy atom. The molecule has 9 heteroatoms. The Bertz CT molecular complexity index is 1170. The van der Waals surface area contributed by atoms with Crippen molar-refractivity contribution in [1.29, 1.82) is 0 Å². The monoisotopic (exact) mass is 498 g/mol. The van der Waals surface area contributed by atoms with Crippen molar-refractivity contribution in [3.63, 3.8) is 0 Å². The van der Waals surface area contributed by atoms with Gasteiger partial charge in [0.15, 0.2) is 0 Å². The Labute approximate surface area is 192 Å². The minimum Gasteiger partial charge on any atom is -0.508 e. The van der Waals surface area contributed by atoms with E-state index in [9.17, 15) is 19.5 Å². The molecule has 0 fully saturated rings. The van der Waals surface area contributed by atoms with E-state index in [1.54, 1.807) is 30.3 Å². The number of carbonyl (C=O) groups excluding carboxylic acids is 3. The van der Waals surface area contributed by atoms with E-state index in [1.165, 1.54) is 43.9 Å². The number of hydrogen-bond donors (Lipinski definition) is 3. The maximum absolute atomic E-state index is 12.7. The van der Waals surface area contributed by atoms with Gasteiger partial charge < -0.3 is 24.9 Å². The second-order valence-electron chi connectivity index (χ2n) is 6.61. The number of amides is 2. The lowest BCUT2D eigenvalue weighted by Gasteiger charge is -2.11. The predicted molar refractivity (Wildman–Crippen MR) is 120 cm³/mol. The molecular formula is C23H19BrN2O6. The number of rotatable bonds is 7. The smallest absolute Gasteiger partial charge is 0.354 e. The van der Waals surface area contributed by atoms with Crippen LogP contribution < -0.4 is 10.6 Å². The first-order valence-corrected chi connectivity index (χ1v) is 10.2. The molecule has 0 spiro atoms. The van der Waals surface area contributed by atoms with E-state index in [4.69, 9.17) is 9.15 Å². The molecule has 3 rings (SSSR count). The van der Waals surface area contributed by atoms with Gasteiger partial charge in [0, 0.05) is 22.1 Å². The summed E-state index contributed by atoms with van der Waals surface area (Å²) in [5, 5.41) is 14.8. The van der Waals surface area contributed by atoms with Gasteiger partial charge in [0.1, 0.15) is 11.4 Å². The Kier molecular flexibility index (Phi) is 7.45. The highest BCUT2D eigenvalue weighted by molar-refractivity contribution is 9.10. The fraction of sp³-hybridized carbons (Fsp3) is 0.0870. The third-order valence-electron chi connectivity index (χ3n) is 4.35. The molecule has 0 saturated carbocycles. The first-order valence-electron chi connectivity index (χ1n) is 9.36. The highest BCUT2D eigenvalue weighted by atomic mass is 79.9. The normalized spacial score (nSPS) is 11.0. The zero-order chi connectivity index (χ0) is 23.1. The van der Waals surface area contributed by atoms with Crippen LogP contribution in [-0.4, -0.2) is 30.0 Å². The third-order valence-corrected chi connectivity index (χ3v) is 5.00. The van der Waals surface area contributed by atoms with E-state index in [1.807, 2.05) is 0 Å². The first kappa shape index (κ1) is 22.8. The molecule has 0 aliphatic heterocycles. The number of aromatic hydroxyl groups is 1. The SMILES string of the molecule is COC(=O)C(=Cc1ccoc1)NC(=O)c1ccc(C(=O)NCc2cccc(O)c2)cc1Br. The Morgan fingerprint density at radius 2 is 1.94 bits per heavy atom. The zero-order valence-electron chi connectivity index (χ0n) is 16.9. The van der Waals surface area contributed by atoms with Crippen molar-refractivity contribution in [1.82, 2.24) is 10.6 Å². The van der Waals surface area contributed by atoms with Crippen LogP contribution in [0.25, 0.3) is 6.08 Å². The van der Waals surface area contributed by atoms with Gasteiger partial charge in [-0.1, -0.05) is 12.1 Å². The van der Waals surface area contributed by atoms with Crippen molar-refractivity contribution in [2.24, 2.45) is 0 Å². The summed E-state index contributed by atoms with van der Waals surface area (Å²) < 4.78 is 10.0. The van der Waals surface area contributed by atoms with Crippen molar-refractivity contribution in [3.05, 3.63) is 93.5 Å². The number of phenols is 1. The molecule has 0 aliphatic carbocycles. The van der Waals surface area contributed by atoms with Gasteiger partial charge in [-0.15, -0.1) is 0 Å². The lowest BCUT2D eigenvalue weighted by molar-refractivity contribution is -0.136. The molecule has 0 saturated heterocycles. The number of hydrogen-bond acceptors (Lipinski definition) is 6. The topological polar surface area (TPSA) is 118 Å². The minimum absolute atomic E-state index is 0.0706. The van der Waals surface area contributed by atoms with Crippen LogP contribution in [0.2, 0.25) is 0 Å². The van der Waals surface area contributed by atoms with Crippen LogP contribution in [0.1, 0.15) is 31.8 Å². The number of halogens is 1. The molecule has 0 bridgehead atoms. The minimum atomic E-state index is -0.724. The molecule has 1 heterocycles. The van der Waals surface area contributed by atoms with E-state index in [-0.39, 0.29) is 29.5 Å². The number of ether oxygens (including phenoxy) is 1. The van der Waals surface area contributed by atoms with Gasteiger partial charge >= 0.3 is 5.97 Å². The number of phenolic OH excluding ortho intramolecular Hbond substituents is 1. The first-order chi connectivity index (χ1) is 15.4. The Balaban J connectivity index is 1.71. The molecule has 0 radical (unpaired) electrons. The summed E-state index contributed by atoms with van der Waals surface area (Å²) in [7, 11) is 1.21. The number of benzene rings is 2. The van der Waals surface area contributed by atoms with Crippen LogP contribution in [0.15, 0.2) is 75.6 Å². The molecule has 3 N–H and O–H groups in total. The van der Waals surface area contributed by atoms with Gasteiger partial charge in [0.2, 0.25) is 0 Å². The van der Waals surface area contributed by atoms with Gasteiger partial charge in [-0.05, 0) is 64.0 Å². The number of furan rings is 1. The van der Waals surface area contributed by atoms with E-state index < -0.39 is 11.9 Å². The summed E-state index contributed by atoms with van der Waals surface area (Å²) in [6.45, 7) is 0.231. The van der Waals surface area contributed by atoms with E-state index >= 15 is 0 Å². The predicted octanol–water partition coefficient (Wildman–Crippen LogP) is 3.62. The largest absolute Gasteiger partial charge is 0.508 e. The fourth-order valence-electron chi connectivity index (χ4n) is 2.76. The quantitative estimate of drug-likeness (QED) is 0.338. The molecule has 0 unspecified atom stereocenters. The van der Waals surface area contributed by atoms with Crippen molar-refractivity contribution in [3.8, 4) is 5.75 Å². The van der Waals surface area contributed by atoms with Crippen molar-refractivity contribution in [2.75, 3.05) is 7.11 Å². The van der Waals surface area contributed by atoms with E-state index in [0.717, 1.165) is 5.56 Å². The molecule has 32 heavy (non-hydrogen) atoms. The number of esters is 1. The third kappa shape index (κ3) is 5.86. The standard InChI is InChI=1S/C23H19BrN2O6/c1-31-23(30)20(10-15-7-8-32-13-15)26-22(29)18-6-5-16(11-19(18)24)21(28)25-12-14-3-2-4-17(27)9-14/h2-11,13,27H,12H2,1H3,(H,25,28)(H,26,29). The van der Waals surface area contributed by atoms with Crippen molar-refractivity contribution < 1.29 is 28.6 Å². The van der Waals surface area contributed by atoms with Crippen LogP contribution >= 0.6 is 15.9 Å². The van der Waals surface area contributed by atoms with Crippen LogP contribution in [0.3, 0.4) is 0 Å². The molecule has 164 valence electrons. The van der Waals surface area contributed by atoms with Crippen LogP contribution in [0, 0.1) is 0 Å². The fourth-order valence-corrected chi connectivity index (χ4v) is 3.32. The molecule has 8 nitrogen and oxygen atoms in total. The summed E-state index contributed by atoms with van der Waals surface area (Å²) in [6, 6.07) is 12.6. The Morgan fingerprint density at radius 1 is 1.12 bits per heavy atom. The molecule has 2 amide bonds. The molecule has 3 aromatic rings. The van der Waals surface area contributed by atoms with Crippen molar-refractivity contribution >= 4 is 39.8 Å². The van der Waals surface area contributed by atoms with E-state index in [0.29, 0.717) is 15.6 Å². The highest BCUT2D eigenvalue weighted by Gasteiger charge is 2.18. The lowest BCUT2D eigenvalue weighted by Crippen LogP contribution is -2.28. The Hall–Kier alpha value is -3.85. The maximum atomic E-state index is 12.7. The molecule has 0 atom stereocenters. The lowest BCUT2D eigenvalue weighted by atomic mass is 10.1. The highest BCUT2D eigenvalue weighted by Crippen LogP contribution is 2.20. The van der Waals surface area contributed by atoms with Gasteiger partial charge in [-0.25, -0.2) is 4.79 Å². The number of carbonyl (C=O) groups is 3. The molecule has 0 aliphatic rings. The van der Waals surface area contributed by atoms with Gasteiger partial charge in [0.25, 0.3) is 11.8 Å². The van der Waals surface area contributed by atoms with Crippen LogP contribution in [0.5, 0.6) is 5.75 Å². The van der Waals surface area contributed by atoms with Crippen LogP contribution in [0.4, 0.5) is 0 Å². The summed E-state index contributed by atoms with van der Waals surface area (Å²) in [4.78, 5) is 37.2. The average Bonchev–Trinajstić information content (AvgIpc) is 3.29. The summed E-state index contributed by atoms with van der Waals surface area (Å²) >= 11 is 3.30. The molecule has 2 aromatic carbocycles. The second kappa shape index (κ2) is 10.5. The summed E-state index contributed by atoms with van der Waals surface area (Å²) in [5.74, 6) is -1.53. The molecule has 1 aromatic heterocycles. The summed E-state index contributed by atoms with van der Waals surface area (Å²) in [5.41, 5.74) is 1.79. The van der Waals surface area contributed by atoms with Gasteiger partial charge in [-0.2, -0.15) is 0 Å². The van der Waals surface area contributed by atoms with Gasteiger partial charge in [-0.3, -0.25) is 9.59 Å². The van der Waals surface area contributed by atoms with Crippen molar-refractivity contribution in [2.45, 2.75) is 6.54 Å². The van der Waals surface area contributed by atoms with Gasteiger partial charge in [0.05, 0.1) is 25.2 Å². The van der Waals surface area contributed by atoms with Crippen LogP contribution in [-0.2, 0) is 16.1 Å². The maximum Gasteiger partial charge on any atom is 0.354 e.